The minimum atomic E-state index is -0.572. The van der Waals surface area contributed by atoms with E-state index in [4.69, 9.17) is 32.0 Å². The largest absolute Gasteiger partial charge is 0.456 e. The van der Waals surface area contributed by atoms with Gasteiger partial charge in [0.25, 0.3) is 0 Å². The summed E-state index contributed by atoms with van der Waals surface area (Å²) in [5, 5.41) is 1.23. The normalized spacial score (nSPS) is 13.8. The van der Waals surface area contributed by atoms with Gasteiger partial charge in [0.1, 0.15) is 22.3 Å². The zero-order chi connectivity index (χ0) is 47.4. The van der Waals surface area contributed by atoms with E-state index in [1.165, 1.54) is 0 Å². The van der Waals surface area contributed by atoms with E-state index in [0.717, 1.165) is 44.2 Å². The van der Waals surface area contributed by atoms with Crippen LogP contribution in [0.25, 0.3) is 122 Å². The average Bonchev–Trinajstić information content (AvgIpc) is 3.97. The fourth-order valence-corrected chi connectivity index (χ4v) is 7.85. The molecule has 0 spiro atoms. The second kappa shape index (κ2) is 13.8. The molecular formula is C55H33N3O2. The van der Waals surface area contributed by atoms with Crippen LogP contribution in [0.5, 0.6) is 0 Å². The first-order chi connectivity index (χ1) is 33.4. The fourth-order valence-electron chi connectivity index (χ4n) is 7.85. The van der Waals surface area contributed by atoms with Gasteiger partial charge in [-0.1, -0.05) is 133 Å². The second-order valence-electron chi connectivity index (χ2n) is 14.5. The number of fused-ring (bicyclic) bond motifs is 8. The topological polar surface area (TPSA) is 65.0 Å². The molecule has 0 aliphatic rings. The molecule has 5 heteroatoms. The van der Waals surface area contributed by atoms with Crippen molar-refractivity contribution >= 4 is 54.6 Å². The molecule has 0 atom stereocenters. The molecule has 0 bridgehead atoms. The van der Waals surface area contributed by atoms with Gasteiger partial charge >= 0.3 is 0 Å². The maximum absolute atomic E-state index is 9.78. The molecule has 9 aromatic carbocycles. The van der Waals surface area contributed by atoms with Crippen LogP contribution in [-0.4, -0.2) is 15.0 Å². The molecule has 0 unspecified atom stereocenters. The fraction of sp³-hybridized carbons (Fsp3) is 0. The van der Waals surface area contributed by atoms with E-state index in [1.54, 1.807) is 0 Å². The van der Waals surface area contributed by atoms with Gasteiger partial charge in [-0.3, -0.25) is 0 Å². The highest BCUT2D eigenvalue weighted by Gasteiger charge is 2.18. The van der Waals surface area contributed by atoms with E-state index in [9.17, 15) is 4.11 Å². The third-order valence-corrected chi connectivity index (χ3v) is 10.8. The van der Waals surface area contributed by atoms with E-state index in [1.807, 2.05) is 133 Å². The predicted molar refractivity (Wildman–Crippen MR) is 245 cm³/mol. The van der Waals surface area contributed by atoms with E-state index in [0.29, 0.717) is 22.3 Å². The molecule has 0 saturated heterocycles. The predicted octanol–water partition coefficient (Wildman–Crippen LogP) is 14.8. The molecule has 3 aromatic heterocycles. The Labute approximate surface area is 357 Å². The van der Waals surface area contributed by atoms with Gasteiger partial charge in [-0.25, -0.2) is 15.0 Å². The molecule has 12 rings (SSSR count). The molecule has 5 nitrogen and oxygen atoms in total. The summed E-state index contributed by atoms with van der Waals surface area (Å²) in [5.74, 6) is 0.285. The minimum Gasteiger partial charge on any atom is -0.456 e. The van der Waals surface area contributed by atoms with Gasteiger partial charge < -0.3 is 8.83 Å². The first kappa shape index (κ1) is 26.0. The van der Waals surface area contributed by atoms with Gasteiger partial charge in [0.05, 0.1) is 12.3 Å². The Kier molecular flexibility index (Phi) is 5.95. The molecule has 0 amide bonds. The first-order valence-corrected chi connectivity index (χ1v) is 19.3. The average molecular weight is 777 g/mol. The third-order valence-electron chi connectivity index (χ3n) is 10.8. The number of rotatable bonds is 6. The Hall–Kier alpha value is -8.15. The van der Waals surface area contributed by atoms with Crippen LogP contribution in [-0.2, 0) is 0 Å². The molecule has 0 N–H and O–H groups in total. The Morgan fingerprint density at radius 3 is 1.55 bits per heavy atom. The Morgan fingerprint density at radius 2 is 0.883 bits per heavy atom. The highest BCUT2D eigenvalue weighted by atomic mass is 16.3. The number of aromatic nitrogens is 3. The molecule has 0 radical (unpaired) electrons. The van der Waals surface area contributed by atoms with Crippen LogP contribution in [0.3, 0.4) is 0 Å². The molecule has 0 aliphatic carbocycles. The van der Waals surface area contributed by atoms with E-state index < -0.39 is 48.3 Å². The molecule has 280 valence electrons. The zero-order valence-electron chi connectivity index (χ0n) is 40.5. The summed E-state index contributed by atoms with van der Waals surface area (Å²) in [5.41, 5.74) is 7.55. The molecule has 12 aromatic rings. The van der Waals surface area contributed by atoms with Crippen molar-refractivity contribution in [3.63, 3.8) is 0 Å². The van der Waals surface area contributed by atoms with Crippen molar-refractivity contribution in [3.8, 4) is 67.5 Å². The number of hydrogen-bond acceptors (Lipinski definition) is 5. The highest BCUT2D eigenvalue weighted by molar-refractivity contribution is 6.15. The van der Waals surface area contributed by atoms with Crippen molar-refractivity contribution in [1.29, 1.82) is 0 Å². The number of hydrogen-bond donors (Lipinski definition) is 0. The number of benzene rings is 9. The standard InChI is InChI=1S/C55H33N3O2/c1-4-12-34(13-5-1)38-21-24-45-46-25-22-40(33-51(46)59-50(45)32-38)54-56-53(39-23-27-49-48(31-39)47-26-20-37-18-10-11-19-44(37)52(47)60-49)57-55(58-54)43-29-41(35-14-6-2-7-15-35)28-42(30-43)36-16-8-3-9-17-36/h1-33H/i10D,11D,18D,19D,20D,23D,26D,27D,31D. The van der Waals surface area contributed by atoms with Crippen LogP contribution >= 0.6 is 0 Å². The van der Waals surface area contributed by atoms with Crippen molar-refractivity contribution < 1.29 is 21.2 Å². The van der Waals surface area contributed by atoms with Crippen LogP contribution in [0.2, 0.25) is 0 Å². The smallest absolute Gasteiger partial charge is 0.164 e. The minimum absolute atomic E-state index is 0.0895. The maximum Gasteiger partial charge on any atom is 0.164 e. The second-order valence-corrected chi connectivity index (χ2v) is 14.5. The summed E-state index contributed by atoms with van der Waals surface area (Å²) in [4.78, 5) is 15.0. The summed E-state index contributed by atoms with van der Waals surface area (Å²) in [6.45, 7) is 0. The van der Waals surface area contributed by atoms with Gasteiger partial charge in [-0.15, -0.1) is 0 Å². The summed E-state index contributed by atoms with van der Waals surface area (Å²) in [7, 11) is 0. The lowest BCUT2D eigenvalue weighted by atomic mass is 9.96. The Bertz CT molecular complexity index is 4070. The highest BCUT2D eigenvalue weighted by Crippen LogP contribution is 2.39. The van der Waals surface area contributed by atoms with Crippen LogP contribution in [0.4, 0.5) is 0 Å². The third kappa shape index (κ3) is 5.83. The molecular weight excluding hydrogens is 735 g/mol. The van der Waals surface area contributed by atoms with Crippen molar-refractivity contribution in [2.24, 2.45) is 0 Å². The van der Waals surface area contributed by atoms with Crippen LogP contribution in [0.1, 0.15) is 12.3 Å². The van der Waals surface area contributed by atoms with Gasteiger partial charge in [0.15, 0.2) is 17.5 Å². The van der Waals surface area contributed by atoms with Crippen LogP contribution in [0.15, 0.2) is 209 Å². The molecule has 3 heterocycles. The Balaban J connectivity index is 1.12. The van der Waals surface area contributed by atoms with Crippen LogP contribution < -0.4 is 0 Å². The van der Waals surface area contributed by atoms with Gasteiger partial charge in [-0.05, 0) is 105 Å². The van der Waals surface area contributed by atoms with E-state index in [-0.39, 0.29) is 61.8 Å². The molecule has 0 aliphatic heterocycles. The quantitative estimate of drug-likeness (QED) is 0.168. The van der Waals surface area contributed by atoms with Crippen LogP contribution in [0, 0.1) is 0 Å². The summed E-state index contributed by atoms with van der Waals surface area (Å²) in [6.07, 6.45) is 0. The monoisotopic (exact) mass is 776 g/mol. The molecule has 0 saturated carbocycles. The first-order valence-electron chi connectivity index (χ1n) is 23.8. The lowest BCUT2D eigenvalue weighted by Crippen LogP contribution is -2.00. The van der Waals surface area contributed by atoms with Gasteiger partial charge in [0, 0.05) is 43.6 Å². The van der Waals surface area contributed by atoms with Gasteiger partial charge in [0.2, 0.25) is 0 Å². The Morgan fingerprint density at radius 1 is 0.333 bits per heavy atom. The molecule has 60 heavy (non-hydrogen) atoms. The lowest BCUT2D eigenvalue weighted by Gasteiger charge is -2.12. The van der Waals surface area contributed by atoms with E-state index in [2.05, 4.69) is 12.1 Å². The van der Waals surface area contributed by atoms with Gasteiger partial charge in [-0.2, -0.15) is 0 Å². The summed E-state index contributed by atoms with van der Waals surface area (Å²) in [6, 6.07) is 43.2. The SMILES string of the molecule is [2H]c1c(-c2nc(-c3cc(-c4ccccc4)cc(-c4ccccc4)c3)nc(-c3ccc4c(c3)oc3cc(-c5ccccc5)ccc34)n2)c([2H])c2c(oc3c4c([2H])c([2H])c([2H])c([2H])c4c([2H])c([2H])c32)c1[2H]. The molecule has 0 fully saturated rings. The number of furan rings is 2. The summed E-state index contributed by atoms with van der Waals surface area (Å²) >= 11 is 0. The van der Waals surface area contributed by atoms with Crippen molar-refractivity contribution in [2.75, 3.05) is 0 Å². The number of nitrogens with zero attached hydrogens (tertiary/aromatic N) is 3. The zero-order valence-corrected chi connectivity index (χ0v) is 31.5. The van der Waals surface area contributed by atoms with Crippen molar-refractivity contribution in [1.82, 2.24) is 15.0 Å². The lowest BCUT2D eigenvalue weighted by molar-refractivity contribution is 0.669. The summed E-state index contributed by atoms with van der Waals surface area (Å²) < 4.78 is 93.3. The van der Waals surface area contributed by atoms with Crippen molar-refractivity contribution in [2.45, 2.75) is 0 Å². The van der Waals surface area contributed by atoms with E-state index >= 15 is 0 Å². The van der Waals surface area contributed by atoms with Crippen molar-refractivity contribution in [3.05, 3.63) is 200 Å². The maximum atomic E-state index is 9.78.